The monoisotopic (exact) mass is 404 g/mol. The molecule has 1 N–H and O–H groups in total. The van der Waals surface area contributed by atoms with Crippen molar-refractivity contribution in [3.8, 4) is 0 Å². The first-order valence-electron chi connectivity index (χ1n) is 11.1. The maximum Gasteiger partial charge on any atom is 0.118 e. The van der Waals surface area contributed by atoms with E-state index in [0.29, 0.717) is 6.61 Å². The summed E-state index contributed by atoms with van der Waals surface area (Å²) in [5.74, 6) is 0. The molecule has 3 aromatic carbocycles. The Hall–Kier alpha value is -2.42. The number of hydrogen-bond donors (Lipinski definition) is 1. The second kappa shape index (κ2) is 11.7. The summed E-state index contributed by atoms with van der Waals surface area (Å²) in [6.07, 6.45) is 2.47. The Labute approximate surface area is 182 Å². The number of benzene rings is 3. The molecule has 0 saturated carbocycles. The zero-order valence-electron chi connectivity index (χ0n) is 18.8. The van der Waals surface area contributed by atoms with Gasteiger partial charge in [-0.05, 0) is 42.9 Å². The van der Waals surface area contributed by atoms with Gasteiger partial charge in [-0.15, -0.1) is 0 Å². The molecular formula is C28H36O2. The number of hydrogen-bond acceptors (Lipinski definition) is 2. The first kappa shape index (κ1) is 23.9. The SMILES string of the molecule is CCC(O)(CC)c1ccccc1.CCOC(CC)(c1ccccc1)c1ccccc1. The van der Waals surface area contributed by atoms with Crippen molar-refractivity contribution >= 4 is 0 Å². The van der Waals surface area contributed by atoms with Gasteiger partial charge in [-0.25, -0.2) is 0 Å². The first-order chi connectivity index (χ1) is 14.6. The van der Waals surface area contributed by atoms with Crippen molar-refractivity contribution in [1.82, 2.24) is 0 Å². The highest BCUT2D eigenvalue weighted by Crippen LogP contribution is 2.36. The van der Waals surface area contributed by atoms with Crippen LogP contribution in [0.15, 0.2) is 91.0 Å². The Bertz CT molecular complexity index is 785. The molecule has 0 heterocycles. The van der Waals surface area contributed by atoms with Gasteiger partial charge in [-0.3, -0.25) is 0 Å². The van der Waals surface area contributed by atoms with E-state index in [9.17, 15) is 5.11 Å². The van der Waals surface area contributed by atoms with E-state index in [0.717, 1.165) is 24.8 Å². The average Bonchev–Trinajstić information content (AvgIpc) is 2.84. The molecule has 160 valence electrons. The Morgan fingerprint density at radius 2 is 0.933 bits per heavy atom. The molecule has 0 spiro atoms. The van der Waals surface area contributed by atoms with Gasteiger partial charge in [-0.2, -0.15) is 0 Å². The standard InChI is InChI=1S/C17H20O.C11H16O/c1-3-17(18-4-2,15-11-7-5-8-12-15)16-13-9-6-10-14-16;1-3-11(12,4-2)10-8-6-5-7-9-10/h5-14H,3-4H2,1-2H3;5-9,12H,3-4H2,1-2H3. The highest BCUT2D eigenvalue weighted by molar-refractivity contribution is 5.36. The molecule has 0 bridgehead atoms. The molecule has 0 radical (unpaired) electrons. The second-order valence-electron chi connectivity index (χ2n) is 7.45. The smallest absolute Gasteiger partial charge is 0.118 e. The van der Waals surface area contributed by atoms with E-state index in [1.807, 2.05) is 56.3 Å². The van der Waals surface area contributed by atoms with Gasteiger partial charge in [0.25, 0.3) is 0 Å². The maximum absolute atomic E-state index is 10.1. The van der Waals surface area contributed by atoms with Crippen LogP contribution in [0.5, 0.6) is 0 Å². The molecule has 0 fully saturated rings. The normalized spacial score (nSPS) is 11.5. The van der Waals surface area contributed by atoms with Crippen molar-refractivity contribution in [2.75, 3.05) is 6.61 Å². The molecule has 0 aliphatic heterocycles. The molecule has 30 heavy (non-hydrogen) atoms. The van der Waals surface area contributed by atoms with Crippen molar-refractivity contribution in [2.45, 2.75) is 58.2 Å². The van der Waals surface area contributed by atoms with Gasteiger partial charge in [0.15, 0.2) is 0 Å². The maximum atomic E-state index is 10.1. The van der Waals surface area contributed by atoms with Crippen LogP contribution in [0.2, 0.25) is 0 Å². The summed E-state index contributed by atoms with van der Waals surface area (Å²) in [7, 11) is 0. The zero-order chi connectivity index (χ0) is 21.9. The van der Waals surface area contributed by atoms with Crippen molar-refractivity contribution in [2.24, 2.45) is 0 Å². The lowest BCUT2D eigenvalue weighted by Gasteiger charge is -2.34. The Morgan fingerprint density at radius 3 is 1.23 bits per heavy atom. The van der Waals surface area contributed by atoms with E-state index in [1.54, 1.807) is 0 Å². The first-order valence-corrected chi connectivity index (χ1v) is 11.1. The van der Waals surface area contributed by atoms with Gasteiger partial charge in [0.05, 0.1) is 5.60 Å². The lowest BCUT2D eigenvalue weighted by atomic mass is 9.84. The lowest BCUT2D eigenvalue weighted by molar-refractivity contribution is -0.0140. The Morgan fingerprint density at radius 1 is 0.567 bits per heavy atom. The minimum absolute atomic E-state index is 0.322. The fourth-order valence-electron chi connectivity index (χ4n) is 3.91. The molecule has 0 saturated heterocycles. The van der Waals surface area contributed by atoms with Crippen LogP contribution < -0.4 is 0 Å². The quantitative estimate of drug-likeness (QED) is 0.435. The molecule has 0 aliphatic carbocycles. The minimum atomic E-state index is -0.624. The van der Waals surface area contributed by atoms with Gasteiger partial charge < -0.3 is 9.84 Å². The van der Waals surface area contributed by atoms with Crippen LogP contribution in [0, 0.1) is 0 Å². The molecule has 0 aliphatic rings. The van der Waals surface area contributed by atoms with Crippen LogP contribution in [0.3, 0.4) is 0 Å². The van der Waals surface area contributed by atoms with Gasteiger partial charge in [0, 0.05) is 6.61 Å². The Balaban J connectivity index is 0.000000232. The molecule has 0 amide bonds. The van der Waals surface area contributed by atoms with Crippen LogP contribution in [0.4, 0.5) is 0 Å². The topological polar surface area (TPSA) is 29.5 Å². The second-order valence-corrected chi connectivity index (χ2v) is 7.45. The zero-order valence-corrected chi connectivity index (χ0v) is 18.8. The van der Waals surface area contributed by atoms with Crippen molar-refractivity contribution in [3.05, 3.63) is 108 Å². The van der Waals surface area contributed by atoms with E-state index in [1.165, 1.54) is 11.1 Å². The van der Waals surface area contributed by atoms with Gasteiger partial charge in [0.1, 0.15) is 5.60 Å². The third kappa shape index (κ3) is 5.59. The van der Waals surface area contributed by atoms with Crippen LogP contribution in [0.25, 0.3) is 0 Å². The van der Waals surface area contributed by atoms with Crippen molar-refractivity contribution in [1.29, 1.82) is 0 Å². The molecule has 2 heteroatoms. The summed E-state index contributed by atoms with van der Waals surface area (Å²) in [6.45, 7) is 8.95. The van der Waals surface area contributed by atoms with Gasteiger partial charge in [-0.1, -0.05) is 112 Å². The summed E-state index contributed by atoms with van der Waals surface area (Å²) in [5, 5.41) is 10.1. The molecule has 0 aromatic heterocycles. The van der Waals surface area contributed by atoms with E-state index in [-0.39, 0.29) is 5.60 Å². The van der Waals surface area contributed by atoms with Crippen molar-refractivity contribution < 1.29 is 9.84 Å². The highest BCUT2D eigenvalue weighted by atomic mass is 16.5. The highest BCUT2D eigenvalue weighted by Gasteiger charge is 2.32. The fraction of sp³-hybridized carbons (Fsp3) is 0.357. The largest absolute Gasteiger partial charge is 0.385 e. The Kier molecular flexibility index (Phi) is 9.29. The lowest BCUT2D eigenvalue weighted by Crippen LogP contribution is -2.30. The summed E-state index contributed by atoms with van der Waals surface area (Å²) in [4.78, 5) is 0. The summed E-state index contributed by atoms with van der Waals surface area (Å²) < 4.78 is 6.15. The molecule has 3 rings (SSSR count). The molecule has 0 unspecified atom stereocenters. The number of rotatable bonds is 8. The van der Waals surface area contributed by atoms with E-state index < -0.39 is 5.60 Å². The summed E-state index contributed by atoms with van der Waals surface area (Å²) in [5.41, 5.74) is 2.52. The molecule has 2 nitrogen and oxygen atoms in total. The van der Waals surface area contributed by atoms with E-state index in [4.69, 9.17) is 4.74 Å². The number of aliphatic hydroxyl groups is 1. The predicted octanol–water partition coefficient (Wildman–Crippen LogP) is 7.07. The van der Waals surface area contributed by atoms with E-state index in [2.05, 4.69) is 62.4 Å². The van der Waals surface area contributed by atoms with Crippen LogP contribution >= 0.6 is 0 Å². The van der Waals surface area contributed by atoms with Crippen LogP contribution in [-0.4, -0.2) is 11.7 Å². The fourth-order valence-corrected chi connectivity index (χ4v) is 3.91. The number of ether oxygens (including phenoxy) is 1. The van der Waals surface area contributed by atoms with Crippen molar-refractivity contribution in [3.63, 3.8) is 0 Å². The predicted molar refractivity (Wildman–Crippen MR) is 127 cm³/mol. The summed E-state index contributed by atoms with van der Waals surface area (Å²) >= 11 is 0. The van der Waals surface area contributed by atoms with Gasteiger partial charge >= 0.3 is 0 Å². The summed E-state index contributed by atoms with van der Waals surface area (Å²) in [6, 6.07) is 30.8. The van der Waals surface area contributed by atoms with E-state index >= 15 is 0 Å². The molecule has 0 atom stereocenters. The average molecular weight is 405 g/mol. The van der Waals surface area contributed by atoms with Crippen LogP contribution in [-0.2, 0) is 15.9 Å². The molecule has 3 aromatic rings. The third-order valence-corrected chi connectivity index (χ3v) is 5.85. The minimum Gasteiger partial charge on any atom is -0.385 e. The molecular weight excluding hydrogens is 368 g/mol. The van der Waals surface area contributed by atoms with Crippen LogP contribution in [0.1, 0.15) is 63.6 Å². The third-order valence-electron chi connectivity index (χ3n) is 5.85. The van der Waals surface area contributed by atoms with Gasteiger partial charge in [0.2, 0.25) is 0 Å².